The van der Waals surface area contributed by atoms with E-state index in [1.54, 1.807) is 6.92 Å². The summed E-state index contributed by atoms with van der Waals surface area (Å²) in [5.74, 6) is -0.706. The molecule has 2 N–H and O–H groups in total. The quantitative estimate of drug-likeness (QED) is 0.881. The topological polar surface area (TPSA) is 57.5 Å². The Hall–Kier alpha value is -1.03. The van der Waals surface area contributed by atoms with E-state index in [1.165, 1.54) is 0 Å². The van der Waals surface area contributed by atoms with E-state index >= 15 is 0 Å². The van der Waals surface area contributed by atoms with E-state index in [4.69, 9.17) is 0 Å². The fraction of sp³-hybridized carbons (Fsp3) is 0.462. The number of hydrogen-bond donors (Lipinski definition) is 2. The number of phenolic OH excluding ortho intramolecular Hbond substituents is 1. The van der Waals surface area contributed by atoms with Crippen molar-refractivity contribution in [2.45, 2.75) is 38.5 Å². The summed E-state index contributed by atoms with van der Waals surface area (Å²) in [6, 6.07) is 1.88. The largest absolute Gasteiger partial charge is 0.507 e. The molecule has 0 amide bonds. The average Bonchev–Trinajstić information content (AvgIpc) is 2.17. The van der Waals surface area contributed by atoms with Gasteiger partial charge in [0, 0.05) is 15.6 Å². The van der Waals surface area contributed by atoms with Crippen LogP contribution >= 0.6 is 15.9 Å². The van der Waals surface area contributed by atoms with Crippen molar-refractivity contribution in [3.8, 4) is 5.75 Å². The Morgan fingerprint density at radius 3 is 2.41 bits per heavy atom. The molecule has 1 fully saturated rings. The van der Waals surface area contributed by atoms with Crippen LogP contribution in [0.15, 0.2) is 10.5 Å². The highest BCUT2D eigenvalue weighted by atomic mass is 79.9. The van der Waals surface area contributed by atoms with Gasteiger partial charge in [0.2, 0.25) is 0 Å². The zero-order valence-corrected chi connectivity index (χ0v) is 11.5. The minimum Gasteiger partial charge on any atom is -0.507 e. The van der Waals surface area contributed by atoms with Gasteiger partial charge < -0.3 is 10.2 Å². The van der Waals surface area contributed by atoms with E-state index in [0.29, 0.717) is 24.0 Å². The lowest BCUT2D eigenvalue weighted by atomic mass is 9.63. The summed E-state index contributed by atoms with van der Waals surface area (Å²) >= 11 is 3.37. The first-order chi connectivity index (χ1) is 7.90. The lowest BCUT2D eigenvalue weighted by Gasteiger charge is -2.39. The molecular formula is C13H15BrO3. The summed E-state index contributed by atoms with van der Waals surface area (Å²) in [6.07, 6.45) is 2.12. The predicted molar refractivity (Wildman–Crippen MR) is 68.4 cm³/mol. The molecule has 1 aromatic rings. The van der Waals surface area contributed by atoms with Crippen LogP contribution in [0.5, 0.6) is 5.75 Å². The van der Waals surface area contributed by atoms with E-state index < -0.39 is 11.4 Å². The molecule has 0 heterocycles. The van der Waals surface area contributed by atoms with Gasteiger partial charge in [-0.3, -0.25) is 4.79 Å². The number of hydrogen-bond acceptors (Lipinski definition) is 2. The lowest BCUT2D eigenvalue weighted by molar-refractivity contribution is -0.147. The third-order valence-electron chi connectivity index (χ3n) is 3.78. The average molecular weight is 299 g/mol. The number of rotatable bonds is 2. The number of aryl methyl sites for hydroxylation is 1. The van der Waals surface area contributed by atoms with Crippen LogP contribution < -0.4 is 0 Å². The van der Waals surface area contributed by atoms with E-state index in [-0.39, 0.29) is 5.75 Å². The summed E-state index contributed by atoms with van der Waals surface area (Å²) in [7, 11) is 0. The highest BCUT2D eigenvalue weighted by Gasteiger charge is 2.48. The number of carboxylic acid groups (broad SMARTS) is 1. The molecule has 1 aliphatic rings. The van der Waals surface area contributed by atoms with Crippen LogP contribution in [0.3, 0.4) is 0 Å². The van der Waals surface area contributed by atoms with Crippen molar-refractivity contribution in [2.75, 3.05) is 0 Å². The molecule has 0 radical (unpaired) electrons. The van der Waals surface area contributed by atoms with Crippen LogP contribution in [-0.4, -0.2) is 16.2 Å². The maximum atomic E-state index is 11.5. The first-order valence-electron chi connectivity index (χ1n) is 5.62. The summed E-state index contributed by atoms with van der Waals surface area (Å²) < 4.78 is 0.816. The molecule has 0 aromatic heterocycles. The van der Waals surface area contributed by atoms with Gasteiger partial charge in [0.15, 0.2) is 0 Å². The molecule has 17 heavy (non-hydrogen) atoms. The lowest BCUT2D eigenvalue weighted by Crippen LogP contribution is -2.43. The van der Waals surface area contributed by atoms with Gasteiger partial charge in [-0.15, -0.1) is 0 Å². The maximum Gasteiger partial charge on any atom is 0.314 e. The zero-order chi connectivity index (χ0) is 12.8. The Morgan fingerprint density at radius 1 is 1.41 bits per heavy atom. The molecule has 3 nitrogen and oxygen atoms in total. The van der Waals surface area contributed by atoms with Crippen molar-refractivity contribution in [2.24, 2.45) is 0 Å². The van der Waals surface area contributed by atoms with Crippen molar-refractivity contribution in [3.05, 3.63) is 27.2 Å². The van der Waals surface area contributed by atoms with Crippen LogP contribution in [0, 0.1) is 13.8 Å². The molecule has 0 spiro atoms. The molecule has 92 valence electrons. The molecule has 0 unspecified atom stereocenters. The standard InChI is InChI=1S/C13H15BrO3/c1-7-6-9(14)8(2)11(15)10(7)13(12(16)17)4-3-5-13/h6,15H,3-5H2,1-2H3,(H,16,17). The molecule has 1 aromatic carbocycles. The second-order valence-electron chi connectivity index (χ2n) is 4.76. The van der Waals surface area contributed by atoms with Gasteiger partial charge in [-0.1, -0.05) is 22.4 Å². The van der Waals surface area contributed by atoms with Crippen molar-refractivity contribution in [1.82, 2.24) is 0 Å². The van der Waals surface area contributed by atoms with Crippen LogP contribution in [0.25, 0.3) is 0 Å². The van der Waals surface area contributed by atoms with Gasteiger partial charge in [-0.05, 0) is 38.3 Å². The molecule has 1 aliphatic carbocycles. The molecular weight excluding hydrogens is 284 g/mol. The SMILES string of the molecule is Cc1cc(Br)c(C)c(O)c1C1(C(=O)O)CCC1. The Morgan fingerprint density at radius 2 is 2.00 bits per heavy atom. The van der Waals surface area contributed by atoms with E-state index in [2.05, 4.69) is 15.9 Å². The molecule has 4 heteroatoms. The number of benzene rings is 1. The minimum atomic E-state index is -0.875. The smallest absolute Gasteiger partial charge is 0.314 e. The van der Waals surface area contributed by atoms with Crippen LogP contribution in [0.1, 0.15) is 36.0 Å². The summed E-state index contributed by atoms with van der Waals surface area (Å²) in [6.45, 7) is 3.64. The van der Waals surface area contributed by atoms with E-state index in [9.17, 15) is 15.0 Å². The minimum absolute atomic E-state index is 0.124. The van der Waals surface area contributed by atoms with Crippen molar-refractivity contribution >= 4 is 21.9 Å². The fourth-order valence-corrected chi connectivity index (χ4v) is 3.09. The predicted octanol–water partition coefficient (Wildman–Crippen LogP) is 3.28. The van der Waals surface area contributed by atoms with E-state index in [1.807, 2.05) is 13.0 Å². The number of aliphatic carboxylic acids is 1. The molecule has 0 atom stereocenters. The molecule has 2 rings (SSSR count). The fourth-order valence-electron chi connectivity index (χ4n) is 2.56. The van der Waals surface area contributed by atoms with Gasteiger partial charge >= 0.3 is 5.97 Å². The first kappa shape index (κ1) is 12.4. The summed E-state index contributed by atoms with van der Waals surface area (Å²) in [5, 5.41) is 19.6. The van der Waals surface area contributed by atoms with Crippen molar-refractivity contribution in [1.29, 1.82) is 0 Å². The number of aromatic hydroxyl groups is 1. The Bertz CT molecular complexity index is 490. The first-order valence-corrected chi connectivity index (χ1v) is 6.42. The second-order valence-corrected chi connectivity index (χ2v) is 5.62. The Balaban J connectivity index is 2.67. The van der Waals surface area contributed by atoms with E-state index in [0.717, 1.165) is 16.5 Å². The highest BCUT2D eigenvalue weighted by Crippen LogP contribution is 2.50. The third-order valence-corrected chi connectivity index (χ3v) is 4.61. The number of carboxylic acids is 1. The van der Waals surface area contributed by atoms with Gasteiger partial charge in [-0.25, -0.2) is 0 Å². The molecule has 0 aliphatic heterocycles. The number of halogens is 1. The zero-order valence-electron chi connectivity index (χ0n) is 9.88. The second kappa shape index (κ2) is 4.02. The van der Waals surface area contributed by atoms with Crippen LogP contribution in [0.2, 0.25) is 0 Å². The van der Waals surface area contributed by atoms with Gasteiger partial charge in [0.1, 0.15) is 5.75 Å². The van der Waals surface area contributed by atoms with Gasteiger partial charge in [-0.2, -0.15) is 0 Å². The Kier molecular flexibility index (Phi) is 2.94. The monoisotopic (exact) mass is 298 g/mol. The molecule has 0 bridgehead atoms. The van der Waals surface area contributed by atoms with Crippen molar-refractivity contribution < 1.29 is 15.0 Å². The van der Waals surface area contributed by atoms with Crippen LogP contribution in [0.4, 0.5) is 0 Å². The highest BCUT2D eigenvalue weighted by molar-refractivity contribution is 9.10. The summed E-state index contributed by atoms with van der Waals surface area (Å²) in [5.41, 5.74) is 1.26. The number of phenols is 1. The van der Waals surface area contributed by atoms with Crippen molar-refractivity contribution in [3.63, 3.8) is 0 Å². The maximum absolute atomic E-state index is 11.5. The normalized spacial score (nSPS) is 17.6. The summed E-state index contributed by atoms with van der Waals surface area (Å²) in [4.78, 5) is 11.5. The number of carbonyl (C=O) groups is 1. The van der Waals surface area contributed by atoms with Gasteiger partial charge in [0.25, 0.3) is 0 Å². The molecule has 0 saturated heterocycles. The van der Waals surface area contributed by atoms with Gasteiger partial charge in [0.05, 0.1) is 5.41 Å². The Labute approximate surface area is 109 Å². The third kappa shape index (κ3) is 1.66. The molecule has 1 saturated carbocycles. The van der Waals surface area contributed by atoms with Crippen LogP contribution in [-0.2, 0) is 10.2 Å².